The molecule has 0 atom stereocenters. The highest BCUT2D eigenvalue weighted by Crippen LogP contribution is 2.12. The van der Waals surface area contributed by atoms with Crippen molar-refractivity contribution >= 4 is 22.4 Å². The third-order valence-electron chi connectivity index (χ3n) is 5.06. The van der Waals surface area contributed by atoms with Crippen molar-refractivity contribution in [1.82, 2.24) is 15.6 Å². The fraction of sp³-hybridized carbons (Fsp3) is 0.238. The van der Waals surface area contributed by atoms with Gasteiger partial charge in [-0.1, -0.05) is 48.5 Å². The van der Waals surface area contributed by atoms with E-state index >= 15 is 0 Å². The van der Waals surface area contributed by atoms with Crippen LogP contribution in [0.2, 0.25) is 0 Å². The zero-order chi connectivity index (χ0) is 19.3. The van der Waals surface area contributed by atoms with Gasteiger partial charge in [-0.15, -0.1) is 0 Å². The van der Waals surface area contributed by atoms with Gasteiger partial charge in [0.2, 0.25) is 0 Å². The predicted octanol–water partition coefficient (Wildman–Crippen LogP) is 0.888. The monoisotopic (exact) mass is 376 g/mol. The Kier molecular flexibility index (Phi) is 5.25. The molecule has 0 saturated carbocycles. The summed E-state index contributed by atoms with van der Waals surface area (Å²) < 4.78 is 0. The summed E-state index contributed by atoms with van der Waals surface area (Å²) in [5, 5.41) is 11.5. The third kappa shape index (κ3) is 3.99. The molecule has 0 spiro atoms. The van der Waals surface area contributed by atoms with E-state index in [1.54, 1.807) is 24.3 Å². The van der Waals surface area contributed by atoms with Crippen LogP contribution < -0.4 is 15.9 Å². The quantitative estimate of drug-likeness (QED) is 0.591. The van der Waals surface area contributed by atoms with Crippen LogP contribution in [0.5, 0.6) is 0 Å². The van der Waals surface area contributed by atoms with Crippen molar-refractivity contribution in [1.29, 1.82) is 0 Å². The Morgan fingerprint density at radius 1 is 1.04 bits per heavy atom. The number of aromatic amines is 1. The van der Waals surface area contributed by atoms with Gasteiger partial charge in [0.1, 0.15) is 6.54 Å². The van der Waals surface area contributed by atoms with Crippen LogP contribution in [0, 0.1) is 0 Å². The number of nitrogens with one attached hydrogen (secondary N) is 3. The van der Waals surface area contributed by atoms with Crippen molar-refractivity contribution in [3.63, 3.8) is 0 Å². The summed E-state index contributed by atoms with van der Waals surface area (Å²) in [7, 11) is 0. The molecule has 3 aromatic rings. The standard InChI is InChI=1S/C21H21N5O2/c27-20-18-9-5-4-8-17(18)19(23-24-20)21(28)25-22-16-10-12-26(13-11-16)14-15-6-2-1-3-7-15/h1-9H,10-14H2,(H,24,27)(H,25,28)/p+1. The largest absolute Gasteiger partial charge is 0.331 e. The molecule has 2 aromatic carbocycles. The summed E-state index contributed by atoms with van der Waals surface area (Å²) in [6.07, 6.45) is 1.70. The first-order chi connectivity index (χ1) is 13.7. The number of hydrazone groups is 1. The van der Waals surface area contributed by atoms with E-state index in [1.807, 2.05) is 6.07 Å². The minimum atomic E-state index is -0.418. The molecule has 7 nitrogen and oxygen atoms in total. The van der Waals surface area contributed by atoms with Crippen LogP contribution in [-0.4, -0.2) is 34.9 Å². The van der Waals surface area contributed by atoms with Gasteiger partial charge in [-0.3, -0.25) is 9.59 Å². The molecular weight excluding hydrogens is 354 g/mol. The second kappa shape index (κ2) is 8.14. The fourth-order valence-electron chi connectivity index (χ4n) is 3.54. The first-order valence-corrected chi connectivity index (χ1v) is 9.41. The number of carbonyl (C=O) groups is 1. The first kappa shape index (κ1) is 18.1. The molecule has 4 rings (SSSR count). The third-order valence-corrected chi connectivity index (χ3v) is 5.06. The van der Waals surface area contributed by atoms with Crippen molar-refractivity contribution in [2.45, 2.75) is 19.4 Å². The fourth-order valence-corrected chi connectivity index (χ4v) is 3.54. The van der Waals surface area contributed by atoms with Gasteiger partial charge < -0.3 is 4.90 Å². The summed E-state index contributed by atoms with van der Waals surface area (Å²) in [4.78, 5) is 25.9. The highest BCUT2D eigenvalue weighted by atomic mass is 16.2. The molecule has 2 heterocycles. The summed E-state index contributed by atoms with van der Waals surface area (Å²) >= 11 is 0. The molecule has 1 aliphatic rings. The normalized spacial score (nSPS) is 16.7. The second-order valence-corrected chi connectivity index (χ2v) is 6.98. The van der Waals surface area contributed by atoms with E-state index in [0.29, 0.717) is 10.8 Å². The first-order valence-electron chi connectivity index (χ1n) is 9.41. The summed E-state index contributed by atoms with van der Waals surface area (Å²) in [5.41, 5.74) is 4.78. The van der Waals surface area contributed by atoms with Crippen LogP contribution in [0.1, 0.15) is 28.9 Å². The molecule has 1 aromatic heterocycles. The summed E-state index contributed by atoms with van der Waals surface area (Å²) in [6, 6.07) is 17.4. The average Bonchev–Trinajstić information content (AvgIpc) is 2.74. The minimum Gasteiger partial charge on any atom is -0.331 e. The van der Waals surface area contributed by atoms with E-state index in [4.69, 9.17) is 0 Å². The van der Waals surface area contributed by atoms with Gasteiger partial charge in [-0.05, 0) is 6.07 Å². The highest BCUT2D eigenvalue weighted by molar-refractivity contribution is 6.05. The number of nitrogens with zero attached hydrogens (tertiary/aromatic N) is 2. The molecule has 1 aliphatic heterocycles. The number of H-pyrrole nitrogens is 1. The maximum atomic E-state index is 12.5. The Labute approximate surface area is 162 Å². The van der Waals surface area contributed by atoms with Crippen LogP contribution in [0.25, 0.3) is 10.8 Å². The van der Waals surface area contributed by atoms with Crippen LogP contribution >= 0.6 is 0 Å². The molecule has 142 valence electrons. The van der Waals surface area contributed by atoms with Gasteiger partial charge in [0, 0.05) is 29.5 Å². The molecule has 0 radical (unpaired) electrons. The Morgan fingerprint density at radius 3 is 2.46 bits per heavy atom. The predicted molar refractivity (Wildman–Crippen MR) is 107 cm³/mol. The SMILES string of the molecule is O=C(NN=C1CC[NH+](Cc2ccccc2)CC1)c1n[nH]c(=O)c2ccccc12. The molecule has 28 heavy (non-hydrogen) atoms. The number of hydrogen-bond acceptors (Lipinski definition) is 4. The lowest BCUT2D eigenvalue weighted by Crippen LogP contribution is -3.11. The van der Waals surface area contributed by atoms with E-state index < -0.39 is 5.91 Å². The van der Waals surface area contributed by atoms with E-state index in [-0.39, 0.29) is 11.3 Å². The molecule has 0 unspecified atom stereocenters. The summed E-state index contributed by atoms with van der Waals surface area (Å²) in [5.74, 6) is -0.418. The maximum absolute atomic E-state index is 12.5. The van der Waals surface area contributed by atoms with Crippen molar-refractivity contribution in [2.75, 3.05) is 13.1 Å². The lowest BCUT2D eigenvalue weighted by atomic mass is 10.1. The lowest BCUT2D eigenvalue weighted by molar-refractivity contribution is -0.914. The molecular formula is C21H22N5O2+. The van der Waals surface area contributed by atoms with Crippen molar-refractivity contribution in [3.05, 3.63) is 76.2 Å². The van der Waals surface area contributed by atoms with Crippen LogP contribution in [0.3, 0.4) is 0 Å². The smallest absolute Gasteiger partial charge is 0.292 e. The van der Waals surface area contributed by atoms with E-state index in [9.17, 15) is 9.59 Å². The minimum absolute atomic E-state index is 0.173. The van der Waals surface area contributed by atoms with E-state index in [1.165, 1.54) is 10.5 Å². The number of rotatable bonds is 4. The average molecular weight is 376 g/mol. The molecule has 0 aliphatic carbocycles. The number of likely N-dealkylation sites (tertiary alicyclic amines) is 1. The number of benzene rings is 2. The lowest BCUT2D eigenvalue weighted by Gasteiger charge is -2.24. The zero-order valence-corrected chi connectivity index (χ0v) is 15.4. The number of carbonyl (C=O) groups excluding carboxylic acids is 1. The number of hydrogen-bond donors (Lipinski definition) is 3. The van der Waals surface area contributed by atoms with E-state index in [2.05, 4.69) is 45.0 Å². The Hall–Kier alpha value is -3.32. The molecule has 1 fully saturated rings. The van der Waals surface area contributed by atoms with Crippen molar-refractivity contribution < 1.29 is 9.69 Å². The molecule has 1 amide bonds. The van der Waals surface area contributed by atoms with Gasteiger partial charge in [-0.2, -0.15) is 10.2 Å². The number of fused-ring (bicyclic) bond motifs is 1. The van der Waals surface area contributed by atoms with Crippen LogP contribution in [0.4, 0.5) is 0 Å². The number of quaternary nitrogens is 1. The second-order valence-electron chi connectivity index (χ2n) is 6.98. The number of piperidine rings is 1. The molecule has 3 N–H and O–H groups in total. The highest BCUT2D eigenvalue weighted by Gasteiger charge is 2.19. The Balaban J connectivity index is 1.38. The molecule has 1 saturated heterocycles. The Morgan fingerprint density at radius 2 is 1.71 bits per heavy atom. The van der Waals surface area contributed by atoms with Gasteiger partial charge in [-0.25, -0.2) is 10.5 Å². The molecule has 0 bridgehead atoms. The summed E-state index contributed by atoms with van der Waals surface area (Å²) in [6.45, 7) is 2.99. The van der Waals surface area contributed by atoms with Crippen LogP contribution in [0.15, 0.2) is 64.5 Å². The van der Waals surface area contributed by atoms with Gasteiger partial charge in [0.05, 0.1) is 18.5 Å². The van der Waals surface area contributed by atoms with E-state index in [0.717, 1.165) is 38.2 Å². The topological polar surface area (TPSA) is 91.7 Å². The Bertz CT molecular complexity index is 1060. The van der Waals surface area contributed by atoms with Crippen molar-refractivity contribution in [2.24, 2.45) is 5.10 Å². The zero-order valence-electron chi connectivity index (χ0n) is 15.4. The van der Waals surface area contributed by atoms with Gasteiger partial charge >= 0.3 is 0 Å². The van der Waals surface area contributed by atoms with Gasteiger partial charge in [0.15, 0.2) is 5.69 Å². The van der Waals surface area contributed by atoms with Crippen LogP contribution in [-0.2, 0) is 6.54 Å². The molecule has 7 heteroatoms. The number of aromatic nitrogens is 2. The van der Waals surface area contributed by atoms with Gasteiger partial charge in [0.25, 0.3) is 11.5 Å². The van der Waals surface area contributed by atoms with Crippen molar-refractivity contribution in [3.8, 4) is 0 Å². The maximum Gasteiger partial charge on any atom is 0.292 e. The number of amides is 1.